The van der Waals surface area contributed by atoms with Gasteiger partial charge in [0, 0.05) is 13.0 Å². The summed E-state index contributed by atoms with van der Waals surface area (Å²) in [4.78, 5) is 23.6. The second-order valence-corrected chi connectivity index (χ2v) is 6.17. The van der Waals surface area contributed by atoms with E-state index in [-0.39, 0.29) is 12.1 Å². The van der Waals surface area contributed by atoms with E-state index in [1.54, 1.807) is 39.5 Å². The van der Waals surface area contributed by atoms with E-state index in [9.17, 15) is 9.59 Å². The molecule has 0 unspecified atom stereocenters. The molecule has 2 aromatic carbocycles. The fourth-order valence-electron chi connectivity index (χ4n) is 2.93. The number of benzene rings is 2. The van der Waals surface area contributed by atoms with E-state index in [0.717, 1.165) is 11.8 Å². The lowest BCUT2D eigenvalue weighted by Crippen LogP contribution is -2.25. The van der Waals surface area contributed by atoms with E-state index in [2.05, 4.69) is 6.07 Å². The van der Waals surface area contributed by atoms with Crippen LogP contribution in [0.5, 0.6) is 5.75 Å². The summed E-state index contributed by atoms with van der Waals surface area (Å²) in [5.41, 5.74) is 2.40. The zero-order valence-corrected chi connectivity index (χ0v) is 14.9. The number of ether oxygens (including phenoxy) is 1. The third kappa shape index (κ3) is 3.22. The summed E-state index contributed by atoms with van der Waals surface area (Å²) < 4.78 is 8.28. The molecule has 1 heterocycles. The van der Waals surface area contributed by atoms with Crippen LogP contribution in [0.15, 0.2) is 41.2 Å². The first kappa shape index (κ1) is 17.8. The smallest absolute Gasteiger partial charge is 0.329 e. The molecule has 0 aliphatic heterocycles. The van der Waals surface area contributed by atoms with Crippen molar-refractivity contribution in [2.75, 3.05) is 7.11 Å². The van der Waals surface area contributed by atoms with Crippen LogP contribution in [0.1, 0.15) is 17.5 Å². The number of aromatic nitrogens is 2. The molecule has 7 heteroatoms. The second-order valence-electron chi connectivity index (χ2n) is 5.76. The molecule has 0 bridgehead atoms. The number of rotatable bonds is 6. The number of carbonyl (C=O) groups excluding carboxylic acids is 1. The Morgan fingerprint density at radius 2 is 2.00 bits per heavy atom. The lowest BCUT2D eigenvalue weighted by molar-refractivity contribution is -0.108. The van der Waals surface area contributed by atoms with Crippen LogP contribution in [-0.2, 0) is 17.9 Å². The van der Waals surface area contributed by atoms with Gasteiger partial charge in [-0.2, -0.15) is 5.26 Å². The van der Waals surface area contributed by atoms with Crippen LogP contribution in [0.3, 0.4) is 0 Å². The molecule has 6 nitrogen and oxygen atoms in total. The van der Waals surface area contributed by atoms with Gasteiger partial charge in [0.05, 0.1) is 41.3 Å². The highest BCUT2D eigenvalue weighted by Gasteiger charge is 2.14. The van der Waals surface area contributed by atoms with Crippen molar-refractivity contribution < 1.29 is 9.53 Å². The molecule has 0 saturated carbocycles. The normalized spacial score (nSPS) is 10.7. The number of imidazole rings is 1. The number of aryl methyl sites for hydroxylation is 1. The van der Waals surface area contributed by atoms with Gasteiger partial charge in [0.1, 0.15) is 12.0 Å². The van der Waals surface area contributed by atoms with Crippen molar-refractivity contribution in [2.45, 2.75) is 19.5 Å². The number of hydrogen-bond acceptors (Lipinski definition) is 4. The number of carbonyl (C=O) groups is 1. The zero-order valence-electron chi connectivity index (χ0n) is 14.1. The van der Waals surface area contributed by atoms with Crippen LogP contribution < -0.4 is 10.4 Å². The van der Waals surface area contributed by atoms with E-state index in [1.807, 2.05) is 6.07 Å². The van der Waals surface area contributed by atoms with Crippen molar-refractivity contribution in [1.82, 2.24) is 9.13 Å². The molecule has 1 aromatic heterocycles. The van der Waals surface area contributed by atoms with E-state index in [1.165, 1.54) is 7.11 Å². The molecule has 0 spiro atoms. The average molecular weight is 370 g/mol. The number of nitrogens with zero attached hydrogens (tertiary/aromatic N) is 3. The summed E-state index contributed by atoms with van der Waals surface area (Å²) in [5, 5.41) is 9.63. The predicted molar refractivity (Wildman–Crippen MR) is 98.7 cm³/mol. The number of halogens is 1. The standard InChI is InChI=1S/C19H16ClN3O3/c1-26-18-6-4-14(9-15(18)20)12-23-17-10-13(11-21)3-5-16(17)22(19(23)25)7-2-8-24/h3-6,8-10H,2,7,12H2,1H3. The molecule has 0 aliphatic rings. The van der Waals surface area contributed by atoms with Crippen molar-refractivity contribution in [1.29, 1.82) is 5.26 Å². The third-order valence-electron chi connectivity index (χ3n) is 4.18. The van der Waals surface area contributed by atoms with Crippen LogP contribution >= 0.6 is 11.6 Å². The lowest BCUT2D eigenvalue weighted by Gasteiger charge is -2.07. The minimum atomic E-state index is -0.233. The largest absolute Gasteiger partial charge is 0.495 e. The number of aldehydes is 1. The fraction of sp³-hybridized carbons (Fsp3) is 0.211. The summed E-state index contributed by atoms with van der Waals surface area (Å²) >= 11 is 6.18. The quantitative estimate of drug-likeness (QED) is 0.626. The van der Waals surface area contributed by atoms with Crippen molar-refractivity contribution in [3.05, 3.63) is 63.0 Å². The second kappa shape index (κ2) is 7.46. The van der Waals surface area contributed by atoms with E-state index >= 15 is 0 Å². The van der Waals surface area contributed by atoms with Crippen molar-refractivity contribution in [3.8, 4) is 11.8 Å². The predicted octanol–water partition coefficient (Wildman–Crippen LogP) is 2.97. The fourth-order valence-corrected chi connectivity index (χ4v) is 3.21. The summed E-state index contributed by atoms with van der Waals surface area (Å²) in [6, 6.07) is 12.5. The van der Waals surface area contributed by atoms with Gasteiger partial charge in [-0.15, -0.1) is 0 Å². The molecule has 0 fully saturated rings. The van der Waals surface area contributed by atoms with Gasteiger partial charge in [-0.05, 0) is 35.9 Å². The molecule has 0 saturated heterocycles. The van der Waals surface area contributed by atoms with Crippen molar-refractivity contribution >= 4 is 28.9 Å². The Hall–Kier alpha value is -3.04. The minimum absolute atomic E-state index is 0.233. The molecular weight excluding hydrogens is 354 g/mol. The van der Waals surface area contributed by atoms with Crippen LogP contribution in [0.2, 0.25) is 5.02 Å². The van der Waals surface area contributed by atoms with Gasteiger partial charge in [-0.3, -0.25) is 9.13 Å². The summed E-state index contributed by atoms with van der Waals surface area (Å²) in [6.45, 7) is 0.586. The molecule has 0 radical (unpaired) electrons. The van der Waals surface area contributed by atoms with E-state index in [4.69, 9.17) is 21.6 Å². The highest BCUT2D eigenvalue weighted by atomic mass is 35.5. The first-order valence-electron chi connectivity index (χ1n) is 7.98. The lowest BCUT2D eigenvalue weighted by atomic mass is 10.2. The van der Waals surface area contributed by atoms with Gasteiger partial charge in [-0.25, -0.2) is 4.79 Å². The van der Waals surface area contributed by atoms with Gasteiger partial charge in [0.15, 0.2) is 0 Å². The molecule has 3 rings (SSSR count). The van der Waals surface area contributed by atoms with Gasteiger partial charge in [0.25, 0.3) is 0 Å². The first-order chi connectivity index (χ1) is 12.6. The zero-order chi connectivity index (χ0) is 18.7. The van der Waals surface area contributed by atoms with Gasteiger partial charge >= 0.3 is 5.69 Å². The van der Waals surface area contributed by atoms with Crippen molar-refractivity contribution in [3.63, 3.8) is 0 Å². The summed E-state index contributed by atoms with van der Waals surface area (Å²) in [5.74, 6) is 0.558. The molecule has 26 heavy (non-hydrogen) atoms. The Labute approximate surface area is 154 Å². The van der Waals surface area contributed by atoms with E-state index < -0.39 is 0 Å². The molecule has 0 aliphatic carbocycles. The average Bonchev–Trinajstić information content (AvgIpc) is 2.91. The molecule has 3 aromatic rings. The Kier molecular flexibility index (Phi) is 5.10. The Balaban J connectivity index is 2.13. The van der Waals surface area contributed by atoms with Crippen LogP contribution in [0.25, 0.3) is 11.0 Å². The highest BCUT2D eigenvalue weighted by molar-refractivity contribution is 6.32. The monoisotopic (exact) mass is 369 g/mol. The maximum atomic E-state index is 12.9. The molecule has 0 amide bonds. The minimum Gasteiger partial charge on any atom is -0.495 e. The number of nitriles is 1. The van der Waals surface area contributed by atoms with Crippen molar-refractivity contribution in [2.24, 2.45) is 0 Å². The maximum absolute atomic E-state index is 12.9. The highest BCUT2D eigenvalue weighted by Crippen LogP contribution is 2.26. The number of fused-ring (bicyclic) bond motifs is 1. The topological polar surface area (TPSA) is 77.0 Å². The Morgan fingerprint density at radius 1 is 1.19 bits per heavy atom. The van der Waals surface area contributed by atoms with Crippen LogP contribution in [0.4, 0.5) is 0 Å². The van der Waals surface area contributed by atoms with Gasteiger partial charge < -0.3 is 9.53 Å². The molecule has 0 atom stereocenters. The SMILES string of the molecule is COc1ccc(Cn2c(=O)n(CCC=O)c3ccc(C#N)cc32)cc1Cl. The van der Waals surface area contributed by atoms with Gasteiger partial charge in [0.2, 0.25) is 0 Å². The number of methoxy groups -OCH3 is 1. The Morgan fingerprint density at radius 3 is 2.65 bits per heavy atom. The Bertz CT molecular complexity index is 1080. The summed E-state index contributed by atoms with van der Waals surface area (Å²) in [7, 11) is 1.54. The molecule has 0 N–H and O–H groups in total. The summed E-state index contributed by atoms with van der Waals surface area (Å²) in [6.07, 6.45) is 1.02. The van der Waals surface area contributed by atoms with Gasteiger partial charge in [-0.1, -0.05) is 17.7 Å². The molecule has 132 valence electrons. The maximum Gasteiger partial charge on any atom is 0.329 e. The first-order valence-corrected chi connectivity index (χ1v) is 8.36. The van der Waals surface area contributed by atoms with Crippen LogP contribution in [0, 0.1) is 11.3 Å². The van der Waals surface area contributed by atoms with E-state index in [0.29, 0.717) is 40.5 Å². The number of hydrogen-bond donors (Lipinski definition) is 0. The third-order valence-corrected chi connectivity index (χ3v) is 4.47. The molecular formula is C19H16ClN3O3. The van der Waals surface area contributed by atoms with Crippen LogP contribution in [-0.4, -0.2) is 22.5 Å².